The first-order chi connectivity index (χ1) is 4.63. The van der Waals surface area contributed by atoms with Crippen LogP contribution in [0.1, 0.15) is 20.8 Å². The molecular weight excluding hydrogens is 132 g/mol. The summed E-state index contributed by atoms with van der Waals surface area (Å²) in [5.74, 6) is 0.562. The fourth-order valence-corrected chi connectivity index (χ4v) is 0.729. The van der Waals surface area contributed by atoms with E-state index < -0.39 is 6.10 Å². The quantitative estimate of drug-likeness (QED) is 0.477. The number of Topliss-reactive ketones (excluding diaryl/α,β-unsaturated/α-hetero) is 1. The summed E-state index contributed by atoms with van der Waals surface area (Å²) in [5.41, 5.74) is 0.652. The van der Waals surface area contributed by atoms with E-state index in [0.717, 1.165) is 0 Å². The molecule has 0 aromatic carbocycles. The molecule has 1 rings (SSSR count). The summed E-state index contributed by atoms with van der Waals surface area (Å²) in [6, 6.07) is 0. The minimum absolute atomic E-state index is 0.00347. The first-order valence-corrected chi connectivity index (χ1v) is 3.18. The zero-order valence-electron chi connectivity index (χ0n) is 6.30. The standard InChI is InChI=1S/C7H10O3/c1-4-5(2)9-10-6(3)7(4)8/h6H,1-3H3. The molecule has 0 aromatic rings. The van der Waals surface area contributed by atoms with Crippen molar-refractivity contribution in [3.63, 3.8) is 0 Å². The molecule has 10 heavy (non-hydrogen) atoms. The van der Waals surface area contributed by atoms with Crippen molar-refractivity contribution in [1.82, 2.24) is 0 Å². The van der Waals surface area contributed by atoms with Gasteiger partial charge < -0.3 is 4.89 Å². The molecule has 0 bridgehead atoms. The lowest BCUT2D eigenvalue weighted by Crippen LogP contribution is -2.26. The molecule has 0 N–H and O–H groups in total. The van der Waals surface area contributed by atoms with Gasteiger partial charge in [-0.15, -0.1) is 0 Å². The number of carbonyl (C=O) groups is 1. The van der Waals surface area contributed by atoms with E-state index in [2.05, 4.69) is 4.89 Å². The smallest absolute Gasteiger partial charge is 0.194 e. The maximum absolute atomic E-state index is 11.1. The van der Waals surface area contributed by atoms with Crippen molar-refractivity contribution in [2.24, 2.45) is 0 Å². The normalized spacial score (nSPS) is 26.7. The largest absolute Gasteiger partial charge is 0.341 e. The van der Waals surface area contributed by atoms with Crippen molar-refractivity contribution >= 4 is 5.78 Å². The van der Waals surface area contributed by atoms with Gasteiger partial charge >= 0.3 is 0 Å². The topological polar surface area (TPSA) is 35.5 Å². The lowest BCUT2D eigenvalue weighted by molar-refractivity contribution is -0.289. The van der Waals surface area contributed by atoms with E-state index in [1.807, 2.05) is 0 Å². The fourth-order valence-electron chi connectivity index (χ4n) is 0.729. The monoisotopic (exact) mass is 142 g/mol. The number of rotatable bonds is 0. The van der Waals surface area contributed by atoms with E-state index in [1.165, 1.54) is 0 Å². The van der Waals surface area contributed by atoms with Crippen molar-refractivity contribution < 1.29 is 14.6 Å². The van der Waals surface area contributed by atoms with Crippen LogP contribution in [0.2, 0.25) is 0 Å². The first kappa shape index (κ1) is 7.28. The molecule has 3 nitrogen and oxygen atoms in total. The van der Waals surface area contributed by atoms with Gasteiger partial charge in [-0.25, -0.2) is 0 Å². The highest BCUT2D eigenvalue weighted by molar-refractivity contribution is 5.98. The molecule has 0 amide bonds. The Hall–Kier alpha value is -0.830. The van der Waals surface area contributed by atoms with E-state index >= 15 is 0 Å². The lowest BCUT2D eigenvalue weighted by Gasteiger charge is -2.18. The predicted molar refractivity (Wildman–Crippen MR) is 35.0 cm³/mol. The number of hydrogen-bond acceptors (Lipinski definition) is 3. The van der Waals surface area contributed by atoms with E-state index in [-0.39, 0.29) is 5.78 Å². The Kier molecular flexibility index (Phi) is 1.76. The van der Waals surface area contributed by atoms with Crippen LogP contribution in [0.4, 0.5) is 0 Å². The zero-order valence-corrected chi connectivity index (χ0v) is 6.30. The second-order valence-electron chi connectivity index (χ2n) is 2.37. The van der Waals surface area contributed by atoms with Crippen molar-refractivity contribution in [3.8, 4) is 0 Å². The van der Waals surface area contributed by atoms with Crippen molar-refractivity contribution in [2.45, 2.75) is 26.9 Å². The Labute approximate surface area is 59.6 Å². The highest BCUT2D eigenvalue weighted by atomic mass is 17.2. The van der Waals surface area contributed by atoms with Gasteiger partial charge in [0.15, 0.2) is 11.9 Å². The van der Waals surface area contributed by atoms with Gasteiger partial charge in [-0.2, -0.15) is 4.89 Å². The Morgan fingerprint density at radius 1 is 1.40 bits per heavy atom. The lowest BCUT2D eigenvalue weighted by atomic mass is 10.1. The minimum atomic E-state index is -0.455. The molecule has 1 heterocycles. The summed E-state index contributed by atoms with van der Waals surface area (Å²) >= 11 is 0. The van der Waals surface area contributed by atoms with E-state index in [1.54, 1.807) is 20.8 Å². The fraction of sp³-hybridized carbons (Fsp3) is 0.571. The van der Waals surface area contributed by atoms with Gasteiger partial charge in [0, 0.05) is 5.57 Å². The van der Waals surface area contributed by atoms with Gasteiger partial charge in [0.2, 0.25) is 0 Å². The molecule has 56 valence electrons. The van der Waals surface area contributed by atoms with Crippen LogP contribution >= 0.6 is 0 Å². The highest BCUT2D eigenvalue weighted by Crippen LogP contribution is 2.16. The molecule has 1 aliphatic heterocycles. The highest BCUT2D eigenvalue weighted by Gasteiger charge is 2.24. The Morgan fingerprint density at radius 2 is 2.00 bits per heavy atom. The summed E-state index contributed by atoms with van der Waals surface area (Å²) in [6.07, 6.45) is -0.455. The summed E-state index contributed by atoms with van der Waals surface area (Å²) < 4.78 is 0. The van der Waals surface area contributed by atoms with E-state index in [9.17, 15) is 4.79 Å². The van der Waals surface area contributed by atoms with E-state index in [0.29, 0.717) is 11.3 Å². The SMILES string of the molecule is CC1=C(C)C(=O)C(C)OO1. The average molecular weight is 142 g/mol. The van der Waals surface area contributed by atoms with Crippen molar-refractivity contribution in [3.05, 3.63) is 11.3 Å². The molecule has 3 heteroatoms. The van der Waals surface area contributed by atoms with Crippen LogP contribution in [0, 0.1) is 0 Å². The van der Waals surface area contributed by atoms with Crippen LogP contribution < -0.4 is 0 Å². The minimum Gasteiger partial charge on any atom is -0.341 e. The maximum Gasteiger partial charge on any atom is 0.194 e. The second-order valence-corrected chi connectivity index (χ2v) is 2.37. The molecule has 0 saturated heterocycles. The molecule has 0 fully saturated rings. The van der Waals surface area contributed by atoms with Crippen LogP contribution in [0.5, 0.6) is 0 Å². The average Bonchev–Trinajstić information content (AvgIpc) is 1.93. The molecule has 0 aromatic heterocycles. The van der Waals surface area contributed by atoms with Gasteiger partial charge in [-0.1, -0.05) is 0 Å². The third-order valence-electron chi connectivity index (χ3n) is 1.58. The number of allylic oxidation sites excluding steroid dienone is 1. The predicted octanol–water partition coefficient (Wildman–Crippen LogP) is 1.20. The third kappa shape index (κ3) is 1.04. The summed E-state index contributed by atoms with van der Waals surface area (Å²) in [4.78, 5) is 20.5. The maximum atomic E-state index is 11.1. The molecular formula is C7H10O3. The number of carbonyl (C=O) groups excluding carboxylic acids is 1. The van der Waals surface area contributed by atoms with Crippen LogP contribution in [-0.4, -0.2) is 11.9 Å². The van der Waals surface area contributed by atoms with Crippen molar-refractivity contribution in [2.75, 3.05) is 0 Å². The second kappa shape index (κ2) is 2.42. The number of hydrogen-bond donors (Lipinski definition) is 0. The summed E-state index contributed by atoms with van der Waals surface area (Å²) in [5, 5.41) is 0. The number of ketones is 1. The summed E-state index contributed by atoms with van der Waals surface area (Å²) in [6.45, 7) is 5.11. The zero-order chi connectivity index (χ0) is 7.72. The van der Waals surface area contributed by atoms with Crippen LogP contribution in [0.25, 0.3) is 0 Å². The Morgan fingerprint density at radius 3 is 2.50 bits per heavy atom. The molecule has 1 unspecified atom stereocenters. The van der Waals surface area contributed by atoms with Gasteiger partial charge in [-0.05, 0) is 20.8 Å². The summed E-state index contributed by atoms with van der Waals surface area (Å²) in [7, 11) is 0. The van der Waals surface area contributed by atoms with Gasteiger partial charge in [0.05, 0.1) is 0 Å². The third-order valence-corrected chi connectivity index (χ3v) is 1.58. The molecule has 1 aliphatic rings. The molecule has 1 atom stereocenters. The molecule has 0 saturated carbocycles. The Balaban J connectivity index is 2.88. The molecule has 0 aliphatic carbocycles. The van der Waals surface area contributed by atoms with Crippen LogP contribution in [-0.2, 0) is 14.6 Å². The van der Waals surface area contributed by atoms with Gasteiger partial charge in [-0.3, -0.25) is 4.79 Å². The molecule has 0 spiro atoms. The molecule has 0 radical (unpaired) electrons. The van der Waals surface area contributed by atoms with Crippen molar-refractivity contribution in [1.29, 1.82) is 0 Å². The van der Waals surface area contributed by atoms with Gasteiger partial charge in [0.25, 0.3) is 0 Å². The van der Waals surface area contributed by atoms with Gasteiger partial charge in [0.1, 0.15) is 5.76 Å². The van der Waals surface area contributed by atoms with E-state index in [4.69, 9.17) is 4.89 Å². The first-order valence-electron chi connectivity index (χ1n) is 3.18. The van der Waals surface area contributed by atoms with Crippen LogP contribution in [0.15, 0.2) is 11.3 Å². The Bertz CT molecular complexity index is 193. The van der Waals surface area contributed by atoms with Crippen LogP contribution in [0.3, 0.4) is 0 Å².